The molecule has 1 aromatic heterocycles. The smallest absolute Gasteiger partial charge is 0.279 e. The van der Waals surface area contributed by atoms with Crippen molar-refractivity contribution >= 4 is 37.5 Å². The zero-order chi connectivity index (χ0) is 25.6. The van der Waals surface area contributed by atoms with Crippen molar-refractivity contribution in [3.63, 3.8) is 0 Å². The SMILES string of the molecule is C#CCn1c(=NC(=O)c2ccc(S(=O)(=O)N(CCOC)CCOC)cc2)sc2cc(F)cc(F)c21. The maximum absolute atomic E-state index is 14.4. The number of ether oxygens (including phenoxy) is 2. The van der Waals surface area contributed by atoms with Crippen molar-refractivity contribution in [1.29, 1.82) is 0 Å². The fraction of sp³-hybridized carbons (Fsp3) is 0.304. The lowest BCUT2D eigenvalue weighted by atomic mass is 10.2. The van der Waals surface area contributed by atoms with Crippen molar-refractivity contribution in [3.8, 4) is 12.3 Å². The van der Waals surface area contributed by atoms with E-state index in [1.165, 1.54) is 47.4 Å². The predicted octanol–water partition coefficient (Wildman–Crippen LogP) is 2.64. The Morgan fingerprint density at radius 2 is 1.77 bits per heavy atom. The number of sulfonamides is 1. The Hall–Kier alpha value is -2.95. The van der Waals surface area contributed by atoms with Gasteiger partial charge in [0.1, 0.15) is 5.82 Å². The first-order valence-corrected chi connectivity index (χ1v) is 12.6. The van der Waals surface area contributed by atoms with Gasteiger partial charge in [-0.15, -0.1) is 6.42 Å². The maximum atomic E-state index is 14.4. The minimum atomic E-state index is -3.86. The monoisotopic (exact) mass is 523 g/mol. The van der Waals surface area contributed by atoms with E-state index in [4.69, 9.17) is 15.9 Å². The number of fused-ring (bicyclic) bond motifs is 1. The van der Waals surface area contributed by atoms with Crippen LogP contribution in [0, 0.1) is 24.0 Å². The first-order valence-electron chi connectivity index (χ1n) is 10.3. The molecule has 0 bridgehead atoms. The number of methoxy groups -OCH3 is 2. The van der Waals surface area contributed by atoms with Crippen molar-refractivity contribution in [2.45, 2.75) is 11.4 Å². The van der Waals surface area contributed by atoms with Crippen molar-refractivity contribution < 1.29 is 31.5 Å². The largest absolute Gasteiger partial charge is 0.383 e. The van der Waals surface area contributed by atoms with Gasteiger partial charge in [0.15, 0.2) is 10.6 Å². The molecule has 186 valence electrons. The molecule has 0 unspecified atom stereocenters. The lowest BCUT2D eigenvalue weighted by molar-refractivity contribution is 0.0997. The van der Waals surface area contributed by atoms with Gasteiger partial charge in [0.25, 0.3) is 5.91 Å². The minimum absolute atomic E-state index is 0.0111. The van der Waals surface area contributed by atoms with E-state index in [-0.39, 0.29) is 58.3 Å². The summed E-state index contributed by atoms with van der Waals surface area (Å²) in [6.45, 7) is 0.600. The molecule has 0 aliphatic heterocycles. The molecule has 0 atom stereocenters. The molecule has 2 aromatic carbocycles. The second kappa shape index (κ2) is 11.7. The number of amides is 1. The number of hydrogen-bond acceptors (Lipinski definition) is 6. The third-order valence-corrected chi connectivity index (χ3v) is 7.91. The summed E-state index contributed by atoms with van der Waals surface area (Å²) in [6, 6.07) is 7.15. The Bertz CT molecular complexity index is 1420. The number of nitrogens with zero attached hydrogens (tertiary/aromatic N) is 3. The van der Waals surface area contributed by atoms with E-state index in [9.17, 15) is 22.0 Å². The molecule has 0 saturated carbocycles. The average Bonchev–Trinajstić information content (AvgIpc) is 3.16. The zero-order valence-electron chi connectivity index (χ0n) is 19.0. The van der Waals surface area contributed by atoms with Gasteiger partial charge in [0.2, 0.25) is 10.0 Å². The summed E-state index contributed by atoms with van der Waals surface area (Å²) >= 11 is 0.915. The predicted molar refractivity (Wildman–Crippen MR) is 127 cm³/mol. The molecule has 0 N–H and O–H groups in total. The van der Waals surface area contributed by atoms with Crippen LogP contribution >= 0.6 is 11.3 Å². The first-order chi connectivity index (χ1) is 16.7. The Morgan fingerprint density at radius 1 is 1.14 bits per heavy atom. The van der Waals surface area contributed by atoms with Crippen LogP contribution in [-0.4, -0.2) is 63.7 Å². The number of thiazole rings is 1. The number of benzene rings is 2. The molecule has 0 fully saturated rings. The Balaban J connectivity index is 1.95. The topological polar surface area (TPSA) is 90.2 Å². The van der Waals surface area contributed by atoms with Gasteiger partial charge in [-0.3, -0.25) is 4.79 Å². The van der Waals surface area contributed by atoms with E-state index >= 15 is 0 Å². The van der Waals surface area contributed by atoms with E-state index in [0.29, 0.717) is 0 Å². The molecule has 3 aromatic rings. The highest BCUT2D eigenvalue weighted by molar-refractivity contribution is 7.89. The standard InChI is InChI=1S/C23H23F2N3O5S2/c1-4-9-28-21-19(25)14-17(24)15-20(21)34-23(28)26-22(29)16-5-7-18(8-6-16)35(30,31)27(10-12-32-2)11-13-33-3/h1,5-8,14-15H,9-13H2,2-3H3. The Morgan fingerprint density at radius 3 is 2.34 bits per heavy atom. The molecule has 35 heavy (non-hydrogen) atoms. The summed E-state index contributed by atoms with van der Waals surface area (Å²) in [6.07, 6.45) is 5.38. The van der Waals surface area contributed by atoms with Gasteiger partial charge >= 0.3 is 0 Å². The summed E-state index contributed by atoms with van der Waals surface area (Å²) in [4.78, 5) is 16.9. The lowest BCUT2D eigenvalue weighted by Crippen LogP contribution is -2.36. The zero-order valence-corrected chi connectivity index (χ0v) is 20.7. The van der Waals surface area contributed by atoms with Crippen LogP contribution in [0.15, 0.2) is 46.3 Å². The van der Waals surface area contributed by atoms with Crippen LogP contribution in [0.5, 0.6) is 0 Å². The second-order valence-electron chi connectivity index (χ2n) is 7.24. The van der Waals surface area contributed by atoms with Gasteiger partial charge in [-0.25, -0.2) is 17.2 Å². The molecule has 1 heterocycles. The summed E-state index contributed by atoms with van der Waals surface area (Å²) in [5.41, 5.74) is 0.162. The van der Waals surface area contributed by atoms with E-state index in [1.807, 2.05) is 0 Å². The third kappa shape index (κ3) is 6.01. The molecule has 0 aliphatic carbocycles. The molecular weight excluding hydrogens is 500 g/mol. The summed E-state index contributed by atoms with van der Waals surface area (Å²) < 4.78 is 66.8. The van der Waals surface area contributed by atoms with Crippen LogP contribution in [0.25, 0.3) is 10.2 Å². The van der Waals surface area contributed by atoms with E-state index in [2.05, 4.69) is 10.9 Å². The molecule has 8 nitrogen and oxygen atoms in total. The highest BCUT2D eigenvalue weighted by Gasteiger charge is 2.24. The summed E-state index contributed by atoms with van der Waals surface area (Å²) in [5.74, 6) is 0.0995. The van der Waals surface area contributed by atoms with Crippen LogP contribution in [0.1, 0.15) is 10.4 Å². The van der Waals surface area contributed by atoms with Gasteiger partial charge in [-0.1, -0.05) is 17.3 Å². The average molecular weight is 524 g/mol. The molecule has 0 saturated heterocycles. The van der Waals surface area contributed by atoms with Crippen molar-refractivity contribution in [1.82, 2.24) is 8.87 Å². The number of terminal acetylenes is 1. The molecule has 12 heteroatoms. The number of carbonyl (C=O) groups is 1. The first kappa shape index (κ1) is 26.7. The highest BCUT2D eigenvalue weighted by atomic mass is 32.2. The van der Waals surface area contributed by atoms with Crippen molar-refractivity contribution in [3.05, 3.63) is 58.4 Å². The van der Waals surface area contributed by atoms with Crippen molar-refractivity contribution in [2.24, 2.45) is 4.99 Å². The fourth-order valence-corrected chi connectivity index (χ4v) is 5.74. The van der Waals surface area contributed by atoms with Crippen LogP contribution in [0.4, 0.5) is 8.78 Å². The molecule has 1 amide bonds. The highest BCUT2D eigenvalue weighted by Crippen LogP contribution is 2.22. The van der Waals surface area contributed by atoms with Gasteiger partial charge in [-0.05, 0) is 30.3 Å². The van der Waals surface area contributed by atoms with E-state index < -0.39 is 27.6 Å². The van der Waals surface area contributed by atoms with Gasteiger partial charge in [-0.2, -0.15) is 9.30 Å². The molecule has 0 aliphatic rings. The van der Waals surface area contributed by atoms with Crippen LogP contribution < -0.4 is 4.80 Å². The normalized spacial score (nSPS) is 12.4. The number of carbonyl (C=O) groups excluding carboxylic acids is 1. The van der Waals surface area contributed by atoms with Gasteiger partial charge < -0.3 is 14.0 Å². The molecule has 0 radical (unpaired) electrons. The summed E-state index contributed by atoms with van der Waals surface area (Å²) in [7, 11) is -0.913. The van der Waals surface area contributed by atoms with Gasteiger partial charge in [0, 0.05) is 38.9 Å². The van der Waals surface area contributed by atoms with Crippen LogP contribution in [-0.2, 0) is 26.0 Å². The fourth-order valence-electron chi connectivity index (χ4n) is 3.26. The number of rotatable bonds is 10. The van der Waals surface area contributed by atoms with E-state index in [1.54, 1.807) is 0 Å². The van der Waals surface area contributed by atoms with Crippen LogP contribution in [0.3, 0.4) is 0 Å². The summed E-state index contributed by atoms with van der Waals surface area (Å²) in [5, 5.41) is 0. The van der Waals surface area contributed by atoms with E-state index in [0.717, 1.165) is 23.5 Å². The molecular formula is C23H23F2N3O5S2. The second-order valence-corrected chi connectivity index (χ2v) is 10.2. The lowest BCUT2D eigenvalue weighted by Gasteiger charge is -2.21. The minimum Gasteiger partial charge on any atom is -0.383 e. The maximum Gasteiger partial charge on any atom is 0.279 e. The molecule has 0 spiro atoms. The van der Waals surface area contributed by atoms with Crippen LogP contribution in [0.2, 0.25) is 0 Å². The Kier molecular flexibility index (Phi) is 8.87. The quantitative estimate of drug-likeness (QED) is 0.381. The number of hydrogen-bond donors (Lipinski definition) is 0. The number of halogens is 2. The van der Waals surface area contributed by atoms with Crippen molar-refractivity contribution in [2.75, 3.05) is 40.5 Å². The molecule has 3 rings (SSSR count). The third-order valence-electron chi connectivity index (χ3n) is 4.97. The Labute approximate surface area is 205 Å². The number of aromatic nitrogens is 1. The van der Waals surface area contributed by atoms with Gasteiger partial charge in [0.05, 0.1) is 34.9 Å².